The largest absolute Gasteiger partial charge is 0.247 e. The van der Waals surface area contributed by atoms with Crippen molar-refractivity contribution in [2.75, 3.05) is 0 Å². The number of hydrogen-bond donors (Lipinski definition) is 0. The van der Waals surface area contributed by atoms with Crippen LogP contribution in [0.2, 0.25) is 0 Å². The van der Waals surface area contributed by atoms with Crippen LogP contribution in [0.3, 0.4) is 0 Å². The molecule has 1 heteroatoms. The molecular formula is C11H23F. The maximum absolute atomic E-state index is 13.0. The summed E-state index contributed by atoms with van der Waals surface area (Å²) in [5.41, 5.74) is 0. The Bertz CT molecular complexity index is 99.2. The Morgan fingerprint density at radius 2 is 1.58 bits per heavy atom. The van der Waals surface area contributed by atoms with Crippen molar-refractivity contribution >= 4 is 0 Å². The third kappa shape index (κ3) is 5.56. The standard InChI is InChI=1S/C11H23F/c1-5-10(7-9(3)4)8-11(12)6-2/h9-11H,5-8H2,1-4H3. The molecule has 0 nitrogen and oxygen atoms in total. The summed E-state index contributed by atoms with van der Waals surface area (Å²) < 4.78 is 13.0. The van der Waals surface area contributed by atoms with E-state index in [-0.39, 0.29) is 0 Å². The van der Waals surface area contributed by atoms with Gasteiger partial charge in [0.1, 0.15) is 6.17 Å². The van der Waals surface area contributed by atoms with Gasteiger partial charge in [-0.1, -0.05) is 34.1 Å². The smallest absolute Gasteiger partial charge is 0.100 e. The van der Waals surface area contributed by atoms with Crippen molar-refractivity contribution in [3.05, 3.63) is 0 Å². The molecule has 0 aromatic heterocycles. The van der Waals surface area contributed by atoms with Crippen LogP contribution in [-0.4, -0.2) is 6.17 Å². The molecule has 0 fully saturated rings. The SMILES string of the molecule is CCC(F)CC(CC)CC(C)C. The van der Waals surface area contributed by atoms with Gasteiger partial charge in [-0.25, -0.2) is 4.39 Å². The number of alkyl halides is 1. The van der Waals surface area contributed by atoms with Crippen LogP contribution in [0.25, 0.3) is 0 Å². The first-order valence-electron chi connectivity index (χ1n) is 5.24. The zero-order valence-electron chi connectivity index (χ0n) is 8.94. The molecule has 0 radical (unpaired) electrons. The van der Waals surface area contributed by atoms with Crippen LogP contribution in [0.1, 0.15) is 53.4 Å². The minimum Gasteiger partial charge on any atom is -0.247 e. The highest BCUT2D eigenvalue weighted by atomic mass is 19.1. The fraction of sp³-hybridized carbons (Fsp3) is 1.00. The zero-order chi connectivity index (χ0) is 9.56. The Morgan fingerprint density at radius 1 is 1.00 bits per heavy atom. The predicted octanol–water partition coefficient (Wildman–Crippen LogP) is 4.20. The summed E-state index contributed by atoms with van der Waals surface area (Å²) in [6.45, 7) is 8.51. The fourth-order valence-corrected chi connectivity index (χ4v) is 1.62. The Hall–Kier alpha value is -0.0700. The van der Waals surface area contributed by atoms with Crippen LogP contribution < -0.4 is 0 Å². The molecule has 2 atom stereocenters. The summed E-state index contributed by atoms with van der Waals surface area (Å²) in [5, 5.41) is 0. The normalized spacial score (nSPS) is 16.5. The van der Waals surface area contributed by atoms with Crippen LogP contribution >= 0.6 is 0 Å². The lowest BCUT2D eigenvalue weighted by molar-refractivity contribution is 0.238. The molecule has 0 amide bonds. The molecule has 0 saturated carbocycles. The van der Waals surface area contributed by atoms with Crippen LogP contribution in [0.5, 0.6) is 0 Å². The average Bonchev–Trinajstić information content (AvgIpc) is 2.02. The lowest BCUT2D eigenvalue weighted by atomic mass is 9.90. The highest BCUT2D eigenvalue weighted by Gasteiger charge is 2.13. The van der Waals surface area contributed by atoms with Gasteiger partial charge in [0.25, 0.3) is 0 Å². The van der Waals surface area contributed by atoms with Crippen molar-refractivity contribution < 1.29 is 4.39 Å². The van der Waals surface area contributed by atoms with Crippen molar-refractivity contribution in [2.45, 2.75) is 59.5 Å². The van der Waals surface area contributed by atoms with E-state index in [1.54, 1.807) is 0 Å². The molecule has 0 spiro atoms. The van der Waals surface area contributed by atoms with Crippen molar-refractivity contribution in [1.82, 2.24) is 0 Å². The maximum atomic E-state index is 13.0. The molecule has 2 unspecified atom stereocenters. The summed E-state index contributed by atoms with van der Waals surface area (Å²) in [6, 6.07) is 0. The van der Waals surface area contributed by atoms with Gasteiger partial charge < -0.3 is 0 Å². The zero-order valence-corrected chi connectivity index (χ0v) is 8.94. The summed E-state index contributed by atoms with van der Waals surface area (Å²) >= 11 is 0. The summed E-state index contributed by atoms with van der Waals surface area (Å²) in [7, 11) is 0. The van der Waals surface area contributed by atoms with E-state index in [1.807, 2.05) is 6.92 Å². The Kier molecular flexibility index (Phi) is 6.41. The quantitative estimate of drug-likeness (QED) is 0.566. The predicted molar refractivity (Wildman–Crippen MR) is 53.0 cm³/mol. The summed E-state index contributed by atoms with van der Waals surface area (Å²) in [6.07, 6.45) is 3.17. The highest BCUT2D eigenvalue weighted by molar-refractivity contribution is 4.64. The van der Waals surface area contributed by atoms with E-state index in [1.165, 1.54) is 6.42 Å². The second-order valence-electron chi connectivity index (χ2n) is 4.15. The third-order valence-electron chi connectivity index (χ3n) is 2.41. The average molecular weight is 174 g/mol. The molecule has 0 aliphatic rings. The molecule has 0 saturated heterocycles. The van der Waals surface area contributed by atoms with Crippen LogP contribution in [0.15, 0.2) is 0 Å². The van der Waals surface area contributed by atoms with Gasteiger partial charge in [-0.2, -0.15) is 0 Å². The van der Waals surface area contributed by atoms with E-state index in [0.717, 1.165) is 12.8 Å². The van der Waals surface area contributed by atoms with Crippen molar-refractivity contribution in [3.8, 4) is 0 Å². The lowest BCUT2D eigenvalue weighted by Gasteiger charge is -2.18. The van der Waals surface area contributed by atoms with Crippen LogP contribution in [-0.2, 0) is 0 Å². The van der Waals surface area contributed by atoms with E-state index in [9.17, 15) is 4.39 Å². The highest BCUT2D eigenvalue weighted by Crippen LogP contribution is 2.22. The second kappa shape index (κ2) is 6.45. The molecule has 0 heterocycles. The van der Waals surface area contributed by atoms with Crippen LogP contribution in [0.4, 0.5) is 4.39 Å². The van der Waals surface area contributed by atoms with Gasteiger partial charge in [0.2, 0.25) is 0 Å². The molecule has 0 aromatic carbocycles. The van der Waals surface area contributed by atoms with E-state index >= 15 is 0 Å². The Labute approximate surface area is 76.6 Å². The monoisotopic (exact) mass is 174 g/mol. The summed E-state index contributed by atoms with van der Waals surface area (Å²) in [5.74, 6) is 1.30. The fourth-order valence-electron chi connectivity index (χ4n) is 1.62. The molecule has 0 bridgehead atoms. The first kappa shape index (κ1) is 11.9. The van der Waals surface area contributed by atoms with Gasteiger partial charge in [0.05, 0.1) is 0 Å². The minimum atomic E-state index is -0.575. The van der Waals surface area contributed by atoms with Gasteiger partial charge in [-0.05, 0) is 31.1 Å². The molecule has 74 valence electrons. The topological polar surface area (TPSA) is 0 Å². The summed E-state index contributed by atoms with van der Waals surface area (Å²) in [4.78, 5) is 0. The van der Waals surface area contributed by atoms with Gasteiger partial charge in [0, 0.05) is 0 Å². The van der Waals surface area contributed by atoms with E-state index in [2.05, 4.69) is 20.8 Å². The number of hydrogen-bond acceptors (Lipinski definition) is 0. The van der Waals surface area contributed by atoms with Gasteiger partial charge >= 0.3 is 0 Å². The first-order valence-corrected chi connectivity index (χ1v) is 5.24. The molecule has 12 heavy (non-hydrogen) atoms. The molecular weight excluding hydrogens is 151 g/mol. The molecule has 0 aromatic rings. The number of rotatable bonds is 6. The van der Waals surface area contributed by atoms with E-state index in [4.69, 9.17) is 0 Å². The van der Waals surface area contributed by atoms with E-state index < -0.39 is 6.17 Å². The first-order chi connectivity index (χ1) is 5.60. The number of halogens is 1. The van der Waals surface area contributed by atoms with Crippen LogP contribution in [0, 0.1) is 11.8 Å². The van der Waals surface area contributed by atoms with Gasteiger partial charge in [-0.3, -0.25) is 0 Å². The molecule has 0 aliphatic carbocycles. The lowest BCUT2D eigenvalue weighted by Crippen LogP contribution is -2.10. The minimum absolute atomic E-state index is 0.575. The van der Waals surface area contributed by atoms with Crippen molar-refractivity contribution in [2.24, 2.45) is 11.8 Å². The maximum Gasteiger partial charge on any atom is 0.100 e. The Morgan fingerprint density at radius 3 is 1.92 bits per heavy atom. The second-order valence-corrected chi connectivity index (χ2v) is 4.15. The molecule has 0 N–H and O–H groups in total. The van der Waals surface area contributed by atoms with Crippen molar-refractivity contribution in [1.29, 1.82) is 0 Å². The molecule has 0 rings (SSSR count). The van der Waals surface area contributed by atoms with E-state index in [0.29, 0.717) is 18.3 Å². The van der Waals surface area contributed by atoms with Gasteiger partial charge in [-0.15, -0.1) is 0 Å². The Balaban J connectivity index is 3.66. The van der Waals surface area contributed by atoms with Crippen molar-refractivity contribution in [3.63, 3.8) is 0 Å². The molecule has 0 aliphatic heterocycles. The van der Waals surface area contributed by atoms with Gasteiger partial charge in [0.15, 0.2) is 0 Å². The third-order valence-corrected chi connectivity index (χ3v) is 2.41.